The molecule has 0 saturated carbocycles. The molecular formula is C24H26FN3O4S. The summed E-state index contributed by atoms with van der Waals surface area (Å²) in [6.45, 7) is 5.60. The molecule has 0 radical (unpaired) electrons. The fourth-order valence-corrected chi connectivity index (χ4v) is 5.11. The first-order valence-corrected chi connectivity index (χ1v) is 11.9. The van der Waals surface area contributed by atoms with Gasteiger partial charge < -0.3 is 10.1 Å². The molecule has 9 heteroatoms. The number of ether oxygens (including phenoxy) is 1. The summed E-state index contributed by atoms with van der Waals surface area (Å²) >= 11 is 1.13. The second kappa shape index (κ2) is 9.43. The highest BCUT2D eigenvalue weighted by Gasteiger charge is 2.26. The summed E-state index contributed by atoms with van der Waals surface area (Å²) in [7, 11) is 0. The number of nitrogens with one attached hydrogen (secondary N) is 1. The SMILES string of the molecule is Cc1c(C(=O)OC(C)C(=O)NC(C)c2ccc(F)cc2)sc2nc3n(c(=O)c12)CCCCC3. The van der Waals surface area contributed by atoms with Crippen LogP contribution in [0.25, 0.3) is 10.2 Å². The number of halogens is 1. The molecule has 0 spiro atoms. The monoisotopic (exact) mass is 471 g/mol. The Kier molecular flexibility index (Phi) is 6.60. The number of thiophene rings is 1. The summed E-state index contributed by atoms with van der Waals surface area (Å²) in [6, 6.07) is 5.43. The topological polar surface area (TPSA) is 90.3 Å². The van der Waals surface area contributed by atoms with E-state index in [-0.39, 0.29) is 22.3 Å². The third-order valence-corrected chi connectivity index (χ3v) is 7.14. The normalized spacial score (nSPS) is 15.4. The van der Waals surface area contributed by atoms with E-state index in [1.807, 2.05) is 0 Å². The Morgan fingerprint density at radius 1 is 1.18 bits per heavy atom. The molecule has 2 unspecified atom stereocenters. The van der Waals surface area contributed by atoms with Crippen molar-refractivity contribution in [1.82, 2.24) is 14.9 Å². The number of hydrogen-bond acceptors (Lipinski definition) is 6. The van der Waals surface area contributed by atoms with Crippen LogP contribution in [0, 0.1) is 12.7 Å². The van der Waals surface area contributed by atoms with Crippen LogP contribution in [-0.2, 0) is 22.5 Å². The number of carbonyl (C=O) groups excluding carboxylic acids is 2. The van der Waals surface area contributed by atoms with Gasteiger partial charge in [0.25, 0.3) is 11.5 Å². The molecule has 3 aromatic rings. The molecule has 0 aliphatic carbocycles. The van der Waals surface area contributed by atoms with E-state index in [4.69, 9.17) is 4.74 Å². The zero-order chi connectivity index (χ0) is 23.7. The number of nitrogens with zero attached hydrogens (tertiary/aromatic N) is 2. The van der Waals surface area contributed by atoms with Gasteiger partial charge in [0.15, 0.2) is 6.10 Å². The van der Waals surface area contributed by atoms with Crippen LogP contribution in [0.3, 0.4) is 0 Å². The zero-order valence-corrected chi connectivity index (χ0v) is 19.6. The summed E-state index contributed by atoms with van der Waals surface area (Å²) in [5, 5.41) is 3.21. The molecule has 7 nitrogen and oxygen atoms in total. The van der Waals surface area contributed by atoms with Crippen molar-refractivity contribution in [2.24, 2.45) is 0 Å². The van der Waals surface area contributed by atoms with Gasteiger partial charge in [0.1, 0.15) is 21.3 Å². The number of aromatic nitrogens is 2. The summed E-state index contributed by atoms with van der Waals surface area (Å²) in [4.78, 5) is 44.0. The minimum Gasteiger partial charge on any atom is -0.448 e. The van der Waals surface area contributed by atoms with E-state index in [0.717, 1.165) is 48.4 Å². The average molecular weight is 472 g/mol. The van der Waals surface area contributed by atoms with Gasteiger partial charge in [-0.15, -0.1) is 11.3 Å². The Morgan fingerprint density at radius 2 is 1.91 bits per heavy atom. The van der Waals surface area contributed by atoms with Crippen molar-refractivity contribution < 1.29 is 18.7 Å². The first-order valence-electron chi connectivity index (χ1n) is 11.1. The Morgan fingerprint density at radius 3 is 2.64 bits per heavy atom. The highest BCUT2D eigenvalue weighted by atomic mass is 32.1. The van der Waals surface area contributed by atoms with E-state index < -0.39 is 18.0 Å². The summed E-state index contributed by atoms with van der Waals surface area (Å²) < 4.78 is 20.2. The number of fused-ring (bicyclic) bond motifs is 2. The third-order valence-electron chi connectivity index (χ3n) is 5.98. The molecule has 0 fully saturated rings. The van der Waals surface area contributed by atoms with Gasteiger partial charge in [-0.25, -0.2) is 14.2 Å². The number of rotatable bonds is 5. The molecule has 1 aliphatic heterocycles. The standard InChI is InChI=1S/C24H26FN3O4S/c1-13-19-22(27-18-7-5-4-6-12-28(18)23(19)30)33-20(13)24(31)32-15(3)21(29)26-14(2)16-8-10-17(25)11-9-16/h8-11,14-15H,4-7,12H2,1-3H3,(H,26,29). The summed E-state index contributed by atoms with van der Waals surface area (Å²) in [5.74, 6) is -0.728. The van der Waals surface area contributed by atoms with Crippen LogP contribution < -0.4 is 10.9 Å². The lowest BCUT2D eigenvalue weighted by molar-refractivity contribution is -0.129. The summed E-state index contributed by atoms with van der Waals surface area (Å²) in [5.41, 5.74) is 1.14. The number of benzene rings is 1. The van der Waals surface area contributed by atoms with E-state index in [1.54, 1.807) is 30.5 Å². The first-order chi connectivity index (χ1) is 15.8. The van der Waals surface area contributed by atoms with Gasteiger partial charge in [0.05, 0.1) is 11.4 Å². The molecule has 1 amide bonds. The van der Waals surface area contributed by atoms with Crippen LogP contribution in [0.1, 0.15) is 65.8 Å². The maximum atomic E-state index is 13.1. The van der Waals surface area contributed by atoms with E-state index in [9.17, 15) is 18.8 Å². The number of hydrogen-bond donors (Lipinski definition) is 1. The zero-order valence-electron chi connectivity index (χ0n) is 18.8. The van der Waals surface area contributed by atoms with Crippen LogP contribution in [0.5, 0.6) is 0 Å². The molecule has 1 aromatic carbocycles. The van der Waals surface area contributed by atoms with Crippen LogP contribution in [-0.4, -0.2) is 27.5 Å². The van der Waals surface area contributed by atoms with Crippen molar-refractivity contribution in [1.29, 1.82) is 0 Å². The van der Waals surface area contributed by atoms with Gasteiger partial charge >= 0.3 is 5.97 Å². The number of aryl methyl sites for hydroxylation is 2. The van der Waals surface area contributed by atoms with Crippen molar-refractivity contribution in [2.75, 3.05) is 0 Å². The smallest absolute Gasteiger partial charge is 0.349 e. The van der Waals surface area contributed by atoms with Gasteiger partial charge in [0.2, 0.25) is 0 Å². The van der Waals surface area contributed by atoms with Gasteiger partial charge in [-0.05, 0) is 56.9 Å². The molecule has 174 valence electrons. The third kappa shape index (κ3) is 4.68. The molecule has 1 aliphatic rings. The Hall–Kier alpha value is -3.07. The molecule has 2 aromatic heterocycles. The molecule has 0 saturated heterocycles. The van der Waals surface area contributed by atoms with Crippen molar-refractivity contribution >= 4 is 33.4 Å². The van der Waals surface area contributed by atoms with Crippen molar-refractivity contribution in [3.8, 4) is 0 Å². The van der Waals surface area contributed by atoms with Crippen molar-refractivity contribution in [3.05, 3.63) is 62.3 Å². The average Bonchev–Trinajstić information content (AvgIpc) is 2.95. The predicted molar refractivity (Wildman–Crippen MR) is 124 cm³/mol. The second-order valence-electron chi connectivity index (χ2n) is 8.36. The number of esters is 1. The minimum absolute atomic E-state index is 0.122. The quantitative estimate of drug-likeness (QED) is 0.567. The molecule has 4 rings (SSSR count). The lowest BCUT2D eigenvalue weighted by Gasteiger charge is -2.18. The maximum Gasteiger partial charge on any atom is 0.349 e. The molecular weight excluding hydrogens is 445 g/mol. The molecule has 1 N–H and O–H groups in total. The van der Waals surface area contributed by atoms with E-state index in [1.165, 1.54) is 19.1 Å². The second-order valence-corrected chi connectivity index (χ2v) is 9.36. The van der Waals surface area contributed by atoms with Crippen LogP contribution in [0.2, 0.25) is 0 Å². The number of amides is 1. The van der Waals surface area contributed by atoms with Crippen LogP contribution in [0.15, 0.2) is 29.1 Å². The first kappa shape index (κ1) is 23.1. The molecule has 0 bridgehead atoms. The van der Waals surface area contributed by atoms with Gasteiger partial charge in [-0.3, -0.25) is 14.2 Å². The molecule has 33 heavy (non-hydrogen) atoms. The number of carbonyl (C=O) groups is 2. The van der Waals surface area contributed by atoms with Crippen molar-refractivity contribution in [3.63, 3.8) is 0 Å². The fourth-order valence-electron chi connectivity index (χ4n) is 4.04. The largest absolute Gasteiger partial charge is 0.448 e. The van der Waals surface area contributed by atoms with Crippen LogP contribution >= 0.6 is 11.3 Å². The van der Waals surface area contributed by atoms with Gasteiger partial charge in [-0.2, -0.15) is 0 Å². The Bertz CT molecular complexity index is 1270. The fraction of sp³-hybridized carbons (Fsp3) is 0.417. The van der Waals surface area contributed by atoms with Gasteiger partial charge in [0, 0.05) is 13.0 Å². The molecule has 3 heterocycles. The van der Waals surface area contributed by atoms with Crippen LogP contribution in [0.4, 0.5) is 4.39 Å². The molecule has 2 atom stereocenters. The highest BCUT2D eigenvalue weighted by molar-refractivity contribution is 7.20. The highest BCUT2D eigenvalue weighted by Crippen LogP contribution is 2.29. The minimum atomic E-state index is -1.05. The lowest BCUT2D eigenvalue weighted by atomic mass is 10.1. The maximum absolute atomic E-state index is 13.1. The lowest BCUT2D eigenvalue weighted by Crippen LogP contribution is -2.37. The Balaban J connectivity index is 1.50. The Labute approximate surface area is 194 Å². The van der Waals surface area contributed by atoms with Gasteiger partial charge in [-0.1, -0.05) is 18.6 Å². The van der Waals surface area contributed by atoms with E-state index >= 15 is 0 Å². The van der Waals surface area contributed by atoms with Crippen molar-refractivity contribution in [2.45, 2.75) is 65.1 Å². The predicted octanol–water partition coefficient (Wildman–Crippen LogP) is 4.05. The van der Waals surface area contributed by atoms with E-state index in [0.29, 0.717) is 22.3 Å². The summed E-state index contributed by atoms with van der Waals surface area (Å²) in [6.07, 6.45) is 2.68. The van der Waals surface area contributed by atoms with E-state index in [2.05, 4.69) is 10.3 Å².